The second kappa shape index (κ2) is 9.84. The lowest BCUT2D eigenvalue weighted by molar-refractivity contribution is -0.113. The number of nitrogens with one attached hydrogen (secondary N) is 2. The molecule has 33 heavy (non-hydrogen) atoms. The first-order valence-electron chi connectivity index (χ1n) is 10.1. The molecule has 3 aromatic rings. The van der Waals surface area contributed by atoms with Gasteiger partial charge in [0.1, 0.15) is 0 Å². The van der Waals surface area contributed by atoms with Crippen molar-refractivity contribution in [2.24, 2.45) is 7.05 Å². The minimum Gasteiger partial charge on any atom is -0.454 e. The van der Waals surface area contributed by atoms with E-state index < -0.39 is 0 Å². The van der Waals surface area contributed by atoms with Crippen LogP contribution in [0.3, 0.4) is 0 Å². The van der Waals surface area contributed by atoms with Gasteiger partial charge in [-0.3, -0.25) is 9.59 Å². The maximum Gasteiger partial charge on any atom is 0.251 e. The molecule has 4 rings (SSSR count). The third-order valence-corrected chi connectivity index (χ3v) is 6.54. The smallest absolute Gasteiger partial charge is 0.251 e. The molecule has 0 aliphatic carbocycles. The second-order valence-corrected chi connectivity index (χ2v) is 9.32. The van der Waals surface area contributed by atoms with Crippen molar-refractivity contribution in [3.63, 3.8) is 0 Å². The van der Waals surface area contributed by atoms with Gasteiger partial charge in [0.2, 0.25) is 12.7 Å². The Morgan fingerprint density at radius 1 is 1.12 bits per heavy atom. The number of aryl methyl sites for hydroxylation is 2. The first kappa shape index (κ1) is 23.1. The van der Waals surface area contributed by atoms with Crippen LogP contribution in [0, 0.1) is 13.8 Å². The number of halogens is 1. The van der Waals surface area contributed by atoms with E-state index >= 15 is 0 Å². The number of carbonyl (C=O) groups is 2. The highest BCUT2D eigenvalue weighted by Gasteiger charge is 2.17. The highest BCUT2D eigenvalue weighted by molar-refractivity contribution is 9.10. The number of amides is 2. The molecule has 0 saturated heterocycles. The van der Waals surface area contributed by atoms with Crippen molar-refractivity contribution >= 4 is 45.2 Å². The van der Waals surface area contributed by atoms with Crippen molar-refractivity contribution in [3.8, 4) is 11.5 Å². The summed E-state index contributed by atoms with van der Waals surface area (Å²) in [5, 5.41) is 14.6. The molecule has 2 N–H and O–H groups in total. The van der Waals surface area contributed by atoms with Crippen LogP contribution in [0.2, 0.25) is 0 Å². The van der Waals surface area contributed by atoms with E-state index in [1.807, 2.05) is 26.0 Å². The molecule has 1 aliphatic rings. The van der Waals surface area contributed by atoms with Gasteiger partial charge in [0.15, 0.2) is 22.5 Å². The van der Waals surface area contributed by atoms with Crippen LogP contribution in [0.1, 0.15) is 27.3 Å². The topological polar surface area (TPSA) is 107 Å². The van der Waals surface area contributed by atoms with Crippen LogP contribution in [0.25, 0.3) is 0 Å². The van der Waals surface area contributed by atoms with Crippen LogP contribution < -0.4 is 20.1 Å². The minimum absolute atomic E-state index is 0.130. The Balaban J connectivity index is 1.31. The molecule has 1 aromatic heterocycles. The number of hydrogen-bond donors (Lipinski definition) is 2. The standard InChI is InChI=1S/C22H22BrN5O4S/c1-12-6-15(23)7-13(2)20(12)25-19(29)10-33-22-27-26-18(28(22)3)9-24-21(30)14-4-5-16-17(8-14)32-11-31-16/h4-8H,9-11H2,1-3H3,(H,24,30)(H,25,29). The van der Waals surface area contributed by atoms with Crippen LogP contribution in [0.5, 0.6) is 11.5 Å². The molecular formula is C22H22BrN5O4S. The molecular weight excluding hydrogens is 510 g/mol. The Hall–Kier alpha value is -3.05. The number of ether oxygens (including phenoxy) is 2. The fourth-order valence-corrected chi connectivity index (χ4v) is 4.75. The summed E-state index contributed by atoms with van der Waals surface area (Å²) in [4.78, 5) is 24.9. The van der Waals surface area contributed by atoms with Crippen molar-refractivity contribution in [1.29, 1.82) is 0 Å². The monoisotopic (exact) mass is 531 g/mol. The van der Waals surface area contributed by atoms with Crippen LogP contribution >= 0.6 is 27.7 Å². The van der Waals surface area contributed by atoms with Gasteiger partial charge in [-0.1, -0.05) is 27.7 Å². The van der Waals surface area contributed by atoms with Crippen molar-refractivity contribution in [2.45, 2.75) is 25.5 Å². The lowest BCUT2D eigenvalue weighted by Gasteiger charge is -2.12. The lowest BCUT2D eigenvalue weighted by Crippen LogP contribution is -2.24. The van der Waals surface area contributed by atoms with Gasteiger partial charge < -0.3 is 24.7 Å². The predicted octanol–water partition coefficient (Wildman–Crippen LogP) is 3.58. The number of carbonyl (C=O) groups excluding carboxylic acids is 2. The molecule has 11 heteroatoms. The number of aromatic nitrogens is 3. The summed E-state index contributed by atoms with van der Waals surface area (Å²) in [6.07, 6.45) is 0. The van der Waals surface area contributed by atoms with E-state index in [2.05, 4.69) is 36.8 Å². The summed E-state index contributed by atoms with van der Waals surface area (Å²) in [5.74, 6) is 1.54. The molecule has 2 amide bonds. The summed E-state index contributed by atoms with van der Waals surface area (Å²) in [5.41, 5.74) is 3.25. The Kier molecular flexibility index (Phi) is 6.89. The SMILES string of the molecule is Cc1cc(Br)cc(C)c1NC(=O)CSc1nnc(CNC(=O)c2ccc3c(c2)OCO3)n1C. The zero-order valence-corrected chi connectivity index (χ0v) is 20.7. The number of hydrogen-bond acceptors (Lipinski definition) is 7. The van der Waals surface area contributed by atoms with Crippen LogP contribution in [0.15, 0.2) is 40.0 Å². The average Bonchev–Trinajstić information content (AvgIpc) is 3.39. The van der Waals surface area contributed by atoms with Gasteiger partial charge in [-0.05, 0) is 55.3 Å². The number of rotatable bonds is 7. The van der Waals surface area contributed by atoms with Crippen molar-refractivity contribution in [3.05, 3.63) is 57.3 Å². The summed E-state index contributed by atoms with van der Waals surface area (Å²) < 4.78 is 13.3. The van der Waals surface area contributed by atoms with Gasteiger partial charge in [0.25, 0.3) is 5.91 Å². The summed E-state index contributed by atoms with van der Waals surface area (Å²) >= 11 is 4.74. The van der Waals surface area contributed by atoms with E-state index in [-0.39, 0.29) is 30.9 Å². The van der Waals surface area contributed by atoms with E-state index in [0.717, 1.165) is 21.3 Å². The summed E-state index contributed by atoms with van der Waals surface area (Å²) in [7, 11) is 1.80. The van der Waals surface area contributed by atoms with Crippen molar-refractivity contribution < 1.29 is 19.1 Å². The quantitative estimate of drug-likeness (QED) is 0.448. The average molecular weight is 532 g/mol. The van der Waals surface area contributed by atoms with E-state index in [0.29, 0.717) is 28.0 Å². The van der Waals surface area contributed by atoms with Crippen LogP contribution in [-0.2, 0) is 18.4 Å². The number of nitrogens with zero attached hydrogens (tertiary/aromatic N) is 3. The highest BCUT2D eigenvalue weighted by Crippen LogP contribution is 2.32. The van der Waals surface area contributed by atoms with Gasteiger partial charge in [0, 0.05) is 22.8 Å². The van der Waals surface area contributed by atoms with Crippen molar-refractivity contribution in [2.75, 3.05) is 17.9 Å². The Morgan fingerprint density at radius 2 is 1.85 bits per heavy atom. The molecule has 0 spiro atoms. The van der Waals surface area contributed by atoms with Crippen molar-refractivity contribution in [1.82, 2.24) is 20.1 Å². The third kappa shape index (κ3) is 5.31. The zero-order chi connectivity index (χ0) is 23.5. The molecule has 0 radical (unpaired) electrons. The molecule has 0 unspecified atom stereocenters. The van der Waals surface area contributed by atoms with Gasteiger partial charge >= 0.3 is 0 Å². The Labute approximate surface area is 203 Å². The van der Waals surface area contributed by atoms with Crippen LogP contribution in [0.4, 0.5) is 5.69 Å². The van der Waals surface area contributed by atoms with Gasteiger partial charge in [0.05, 0.1) is 12.3 Å². The number of anilines is 1. The molecule has 172 valence electrons. The van der Waals surface area contributed by atoms with E-state index in [4.69, 9.17) is 9.47 Å². The molecule has 1 aliphatic heterocycles. The van der Waals surface area contributed by atoms with Gasteiger partial charge in [-0.2, -0.15) is 0 Å². The maximum atomic E-state index is 12.5. The molecule has 9 nitrogen and oxygen atoms in total. The fraction of sp³-hybridized carbons (Fsp3) is 0.273. The normalized spacial score (nSPS) is 12.0. The Bertz CT molecular complexity index is 1210. The molecule has 0 bridgehead atoms. The highest BCUT2D eigenvalue weighted by atomic mass is 79.9. The molecule has 0 saturated carbocycles. The largest absolute Gasteiger partial charge is 0.454 e. The Morgan fingerprint density at radius 3 is 2.61 bits per heavy atom. The zero-order valence-electron chi connectivity index (χ0n) is 18.3. The number of fused-ring (bicyclic) bond motifs is 1. The van der Waals surface area contributed by atoms with Crippen LogP contribution in [-0.4, -0.2) is 39.1 Å². The molecule has 2 heterocycles. The fourth-order valence-electron chi connectivity index (χ4n) is 3.34. The minimum atomic E-state index is -0.259. The predicted molar refractivity (Wildman–Crippen MR) is 128 cm³/mol. The van der Waals surface area contributed by atoms with Gasteiger partial charge in [-0.25, -0.2) is 0 Å². The van der Waals surface area contributed by atoms with Gasteiger partial charge in [-0.15, -0.1) is 10.2 Å². The molecule has 2 aromatic carbocycles. The third-order valence-electron chi connectivity index (χ3n) is 5.06. The molecule has 0 fully saturated rings. The lowest BCUT2D eigenvalue weighted by atomic mass is 10.1. The number of benzene rings is 2. The number of thioether (sulfide) groups is 1. The first-order chi connectivity index (χ1) is 15.8. The van der Waals surface area contributed by atoms with E-state index in [9.17, 15) is 9.59 Å². The maximum absolute atomic E-state index is 12.5. The van der Waals surface area contributed by atoms with E-state index in [1.165, 1.54) is 11.8 Å². The summed E-state index contributed by atoms with van der Waals surface area (Å²) in [6.45, 7) is 4.25. The molecule has 0 atom stereocenters. The second-order valence-electron chi connectivity index (χ2n) is 7.46. The van der Waals surface area contributed by atoms with E-state index in [1.54, 1.807) is 29.8 Å². The first-order valence-corrected chi connectivity index (χ1v) is 11.8. The summed E-state index contributed by atoms with van der Waals surface area (Å²) in [6, 6.07) is 8.94.